The molecule has 96 valence electrons. The van der Waals surface area contributed by atoms with Crippen molar-refractivity contribution in [2.24, 2.45) is 5.92 Å². The first kappa shape index (κ1) is 13.0. The Bertz CT molecular complexity index is 457. The SMILES string of the molecule is FC(F)(F)c1ccccc1C#CC1CCCCC1. The summed E-state index contributed by atoms with van der Waals surface area (Å²) in [6, 6.07) is 5.53. The van der Waals surface area contributed by atoms with Crippen LogP contribution in [0.3, 0.4) is 0 Å². The Morgan fingerprint density at radius 1 is 1.00 bits per heavy atom. The molecule has 0 aromatic heterocycles. The van der Waals surface area contributed by atoms with Crippen molar-refractivity contribution >= 4 is 0 Å². The zero-order valence-electron chi connectivity index (χ0n) is 10.1. The molecule has 0 amide bonds. The van der Waals surface area contributed by atoms with Gasteiger partial charge in [-0.05, 0) is 25.0 Å². The lowest BCUT2D eigenvalue weighted by atomic mass is 9.89. The average molecular weight is 252 g/mol. The minimum absolute atomic E-state index is 0.0931. The zero-order valence-corrected chi connectivity index (χ0v) is 10.1. The molecule has 0 N–H and O–H groups in total. The maximum Gasteiger partial charge on any atom is 0.417 e. The number of hydrogen-bond acceptors (Lipinski definition) is 0. The van der Waals surface area contributed by atoms with Crippen LogP contribution in [-0.4, -0.2) is 0 Å². The first-order valence-corrected chi connectivity index (χ1v) is 6.25. The second-order valence-corrected chi connectivity index (χ2v) is 4.65. The van der Waals surface area contributed by atoms with E-state index in [0.717, 1.165) is 31.7 Å². The van der Waals surface area contributed by atoms with Gasteiger partial charge in [0.25, 0.3) is 0 Å². The summed E-state index contributed by atoms with van der Waals surface area (Å²) in [5.74, 6) is 5.98. The number of hydrogen-bond donors (Lipinski definition) is 0. The molecule has 1 aromatic carbocycles. The molecule has 0 radical (unpaired) electrons. The van der Waals surface area contributed by atoms with Crippen LogP contribution in [0.25, 0.3) is 0 Å². The normalized spacial score (nSPS) is 17.1. The van der Waals surface area contributed by atoms with Crippen LogP contribution >= 0.6 is 0 Å². The minimum atomic E-state index is -4.32. The van der Waals surface area contributed by atoms with E-state index in [2.05, 4.69) is 11.8 Å². The maximum absolute atomic E-state index is 12.7. The molecule has 3 heteroatoms. The predicted octanol–water partition coefficient (Wildman–Crippen LogP) is 4.64. The lowest BCUT2D eigenvalue weighted by Gasteiger charge is -2.15. The molecule has 0 bridgehead atoms. The predicted molar refractivity (Wildman–Crippen MR) is 64.9 cm³/mol. The van der Waals surface area contributed by atoms with Gasteiger partial charge in [0.2, 0.25) is 0 Å². The standard InChI is InChI=1S/C15H15F3/c16-15(17,18)14-9-5-4-8-13(14)11-10-12-6-2-1-3-7-12/h4-5,8-9,12H,1-3,6-7H2. The molecule has 1 aliphatic rings. The van der Waals surface area contributed by atoms with Crippen molar-refractivity contribution in [2.45, 2.75) is 38.3 Å². The first-order chi connectivity index (χ1) is 8.57. The van der Waals surface area contributed by atoms with E-state index < -0.39 is 11.7 Å². The van der Waals surface area contributed by atoms with Gasteiger partial charge in [-0.2, -0.15) is 13.2 Å². The monoisotopic (exact) mass is 252 g/mol. The summed E-state index contributed by atoms with van der Waals surface area (Å²) >= 11 is 0. The molecule has 0 spiro atoms. The molecule has 0 aliphatic heterocycles. The van der Waals surface area contributed by atoms with Crippen molar-refractivity contribution < 1.29 is 13.2 Å². The van der Waals surface area contributed by atoms with E-state index in [1.165, 1.54) is 18.6 Å². The van der Waals surface area contributed by atoms with Gasteiger partial charge in [0.05, 0.1) is 5.56 Å². The van der Waals surface area contributed by atoms with E-state index in [-0.39, 0.29) is 11.5 Å². The molecule has 1 aromatic rings. The van der Waals surface area contributed by atoms with E-state index in [4.69, 9.17) is 0 Å². The summed E-state index contributed by atoms with van der Waals surface area (Å²) in [5, 5.41) is 0. The number of halogens is 3. The highest BCUT2D eigenvalue weighted by Crippen LogP contribution is 2.31. The van der Waals surface area contributed by atoms with Crippen molar-refractivity contribution in [2.75, 3.05) is 0 Å². The number of rotatable bonds is 0. The quantitative estimate of drug-likeness (QED) is 0.590. The molecular weight excluding hydrogens is 237 g/mol. The highest BCUT2D eigenvalue weighted by atomic mass is 19.4. The Morgan fingerprint density at radius 2 is 1.67 bits per heavy atom. The van der Waals surface area contributed by atoms with Gasteiger partial charge in [-0.15, -0.1) is 0 Å². The third kappa shape index (κ3) is 3.29. The molecule has 1 aliphatic carbocycles. The van der Waals surface area contributed by atoms with Gasteiger partial charge in [-0.25, -0.2) is 0 Å². The Kier molecular flexibility index (Phi) is 3.96. The second kappa shape index (κ2) is 5.48. The summed E-state index contributed by atoms with van der Waals surface area (Å²) in [4.78, 5) is 0. The Morgan fingerprint density at radius 3 is 2.33 bits per heavy atom. The van der Waals surface area contributed by atoms with Crippen LogP contribution in [0.2, 0.25) is 0 Å². The van der Waals surface area contributed by atoms with Crippen LogP contribution in [0, 0.1) is 17.8 Å². The maximum atomic E-state index is 12.7. The van der Waals surface area contributed by atoms with E-state index >= 15 is 0 Å². The van der Waals surface area contributed by atoms with Gasteiger partial charge in [0.15, 0.2) is 0 Å². The minimum Gasteiger partial charge on any atom is -0.166 e. The highest BCUT2D eigenvalue weighted by Gasteiger charge is 2.32. The molecule has 18 heavy (non-hydrogen) atoms. The fraction of sp³-hybridized carbons (Fsp3) is 0.467. The van der Waals surface area contributed by atoms with Gasteiger partial charge >= 0.3 is 6.18 Å². The average Bonchev–Trinajstić information content (AvgIpc) is 2.37. The smallest absolute Gasteiger partial charge is 0.166 e. The van der Waals surface area contributed by atoms with Crippen LogP contribution in [-0.2, 0) is 6.18 Å². The second-order valence-electron chi connectivity index (χ2n) is 4.65. The van der Waals surface area contributed by atoms with Gasteiger partial charge < -0.3 is 0 Å². The highest BCUT2D eigenvalue weighted by molar-refractivity contribution is 5.43. The number of alkyl halides is 3. The lowest BCUT2D eigenvalue weighted by molar-refractivity contribution is -0.137. The Balaban J connectivity index is 2.21. The molecule has 0 atom stereocenters. The fourth-order valence-electron chi connectivity index (χ4n) is 2.27. The van der Waals surface area contributed by atoms with Crippen LogP contribution < -0.4 is 0 Å². The van der Waals surface area contributed by atoms with Crippen LogP contribution in [0.4, 0.5) is 13.2 Å². The molecule has 1 fully saturated rings. The summed E-state index contributed by atoms with van der Waals surface area (Å²) < 4.78 is 38.2. The molecule has 0 unspecified atom stereocenters. The largest absolute Gasteiger partial charge is 0.417 e. The Hall–Kier alpha value is -1.43. The van der Waals surface area contributed by atoms with Crippen molar-refractivity contribution in [3.8, 4) is 11.8 Å². The molecule has 1 saturated carbocycles. The summed E-state index contributed by atoms with van der Waals surface area (Å²) in [6.07, 6.45) is 1.21. The molecular formula is C15H15F3. The molecule has 0 saturated heterocycles. The van der Waals surface area contributed by atoms with E-state index in [9.17, 15) is 13.2 Å². The van der Waals surface area contributed by atoms with Crippen LogP contribution in [0.15, 0.2) is 24.3 Å². The van der Waals surface area contributed by atoms with Crippen molar-refractivity contribution in [1.29, 1.82) is 0 Å². The lowest BCUT2D eigenvalue weighted by Crippen LogP contribution is -2.08. The van der Waals surface area contributed by atoms with Gasteiger partial charge in [-0.1, -0.05) is 43.2 Å². The Labute approximate surface area is 105 Å². The fourth-order valence-corrected chi connectivity index (χ4v) is 2.27. The number of benzene rings is 1. The van der Waals surface area contributed by atoms with Gasteiger partial charge in [-0.3, -0.25) is 0 Å². The zero-order chi connectivity index (χ0) is 13.0. The molecule has 2 rings (SSSR count). The van der Waals surface area contributed by atoms with Gasteiger partial charge in [0, 0.05) is 11.5 Å². The van der Waals surface area contributed by atoms with E-state index in [1.807, 2.05) is 0 Å². The first-order valence-electron chi connectivity index (χ1n) is 6.25. The van der Waals surface area contributed by atoms with E-state index in [0.29, 0.717) is 0 Å². The third-order valence-corrected chi connectivity index (χ3v) is 3.25. The molecule has 0 heterocycles. The third-order valence-electron chi connectivity index (χ3n) is 3.25. The van der Waals surface area contributed by atoms with Crippen molar-refractivity contribution in [3.05, 3.63) is 35.4 Å². The van der Waals surface area contributed by atoms with Crippen LogP contribution in [0.5, 0.6) is 0 Å². The summed E-state index contributed by atoms with van der Waals surface area (Å²) in [7, 11) is 0. The van der Waals surface area contributed by atoms with Crippen molar-refractivity contribution in [1.82, 2.24) is 0 Å². The van der Waals surface area contributed by atoms with Gasteiger partial charge in [0.1, 0.15) is 0 Å². The van der Waals surface area contributed by atoms with Crippen molar-refractivity contribution in [3.63, 3.8) is 0 Å². The molecule has 0 nitrogen and oxygen atoms in total. The van der Waals surface area contributed by atoms with Crippen LogP contribution in [0.1, 0.15) is 43.2 Å². The summed E-state index contributed by atoms with van der Waals surface area (Å²) in [6.45, 7) is 0. The summed E-state index contributed by atoms with van der Waals surface area (Å²) in [5.41, 5.74) is -0.538. The topological polar surface area (TPSA) is 0 Å². The van der Waals surface area contributed by atoms with E-state index in [1.54, 1.807) is 6.07 Å².